The number of anilines is 1. The fourth-order valence-electron chi connectivity index (χ4n) is 8.60. The molecule has 0 aliphatic carbocycles. The normalized spacial score (nSPS) is 17.9. The van der Waals surface area contributed by atoms with Crippen LogP contribution in [0.5, 0.6) is 0 Å². The maximum atomic E-state index is 15.0. The van der Waals surface area contributed by atoms with Crippen LogP contribution in [0.25, 0.3) is 21.7 Å². The van der Waals surface area contributed by atoms with Crippen LogP contribution in [0.3, 0.4) is 0 Å². The summed E-state index contributed by atoms with van der Waals surface area (Å²) in [6, 6.07) is 13.9. The van der Waals surface area contributed by atoms with Gasteiger partial charge in [0, 0.05) is 79.7 Å². The first kappa shape index (κ1) is 44.3. The van der Waals surface area contributed by atoms with E-state index in [1.807, 2.05) is 0 Å². The topological polar surface area (TPSA) is 132 Å². The number of unbranched alkanes of at least 4 members (excludes halogenated alkanes) is 3. The van der Waals surface area contributed by atoms with Crippen LogP contribution in [0.2, 0.25) is 0 Å². The number of hydrogen-bond donors (Lipinski definition) is 2. The molecule has 0 saturated carbocycles. The van der Waals surface area contributed by atoms with Crippen LogP contribution in [0.15, 0.2) is 76.3 Å². The van der Waals surface area contributed by atoms with Crippen molar-refractivity contribution in [1.29, 1.82) is 0 Å². The zero-order chi connectivity index (χ0) is 44.3. The van der Waals surface area contributed by atoms with E-state index in [0.717, 1.165) is 6.07 Å². The maximum absolute atomic E-state index is 15.0. The van der Waals surface area contributed by atoms with Crippen LogP contribution < -0.4 is 16.0 Å². The second kappa shape index (κ2) is 18.3. The van der Waals surface area contributed by atoms with E-state index in [0.29, 0.717) is 53.8 Å². The number of halogens is 7. The number of carbonyl (C=O) groups excluding carboxylic acids is 2. The van der Waals surface area contributed by atoms with Gasteiger partial charge < -0.3 is 24.4 Å². The van der Waals surface area contributed by atoms with Gasteiger partial charge in [0.1, 0.15) is 5.82 Å². The Morgan fingerprint density at radius 1 is 0.839 bits per heavy atom. The molecule has 3 atom stereocenters. The monoisotopic (exact) mass is 870 g/mol. The van der Waals surface area contributed by atoms with Crippen molar-refractivity contribution < 1.29 is 45.1 Å². The SMILES string of the molecule is C[C@H]1CC[C@H](C(OCCCCCCC(=O)N2CCN(C(=O)c3cc(Cc4n[nH]c(=O)c5ccccc45)ccc3F)CC2)C(F)(F)F)N1c1ccc2[nH]c(=O)cc(C(F)(F)F)c2c1. The number of pyridine rings is 1. The zero-order valence-corrected chi connectivity index (χ0v) is 33.8. The van der Waals surface area contributed by atoms with Crippen LogP contribution in [-0.4, -0.2) is 93.9 Å². The number of hydrogen-bond acceptors (Lipinski definition) is 7. The minimum absolute atomic E-state index is 0.0815. The van der Waals surface area contributed by atoms with Crippen LogP contribution in [0.4, 0.5) is 36.4 Å². The van der Waals surface area contributed by atoms with Gasteiger partial charge in [-0.25, -0.2) is 9.49 Å². The number of ether oxygens (including phenoxy) is 1. The molecular formula is C44H45F7N6O5. The van der Waals surface area contributed by atoms with Gasteiger partial charge >= 0.3 is 12.4 Å². The van der Waals surface area contributed by atoms with Gasteiger partial charge in [-0.15, -0.1) is 0 Å². The quantitative estimate of drug-likeness (QED) is 0.0914. The second-order valence-electron chi connectivity index (χ2n) is 15.9. The van der Waals surface area contributed by atoms with Crippen molar-refractivity contribution in [3.8, 4) is 0 Å². The summed E-state index contributed by atoms with van der Waals surface area (Å²) in [6.07, 6.45) is -9.08. The van der Waals surface area contributed by atoms with Gasteiger partial charge in [0.25, 0.3) is 11.5 Å². The van der Waals surface area contributed by atoms with Crippen molar-refractivity contribution in [1.82, 2.24) is 25.0 Å². The molecule has 0 spiro atoms. The van der Waals surface area contributed by atoms with Gasteiger partial charge in [0.2, 0.25) is 11.5 Å². The fraction of sp³-hybridized carbons (Fsp3) is 0.432. The highest BCUT2D eigenvalue weighted by molar-refractivity contribution is 5.95. The zero-order valence-electron chi connectivity index (χ0n) is 33.8. The smallest absolute Gasteiger partial charge is 0.367 e. The average Bonchev–Trinajstić information content (AvgIpc) is 3.62. The second-order valence-corrected chi connectivity index (χ2v) is 15.9. The minimum atomic E-state index is -4.85. The predicted octanol–water partition coefficient (Wildman–Crippen LogP) is 7.75. The number of alkyl halides is 6. The highest BCUT2D eigenvalue weighted by atomic mass is 19.4. The lowest BCUT2D eigenvalue weighted by Crippen LogP contribution is -2.50. The Bertz CT molecular complexity index is 2550. The lowest BCUT2D eigenvalue weighted by Gasteiger charge is -2.36. The molecule has 2 aromatic heterocycles. The van der Waals surface area contributed by atoms with Crippen LogP contribution >= 0.6 is 0 Å². The number of rotatable bonds is 13. The van der Waals surface area contributed by atoms with Gasteiger partial charge in [-0.1, -0.05) is 37.1 Å². The van der Waals surface area contributed by atoms with Crippen molar-refractivity contribution >= 4 is 39.2 Å². The molecule has 1 unspecified atom stereocenters. The van der Waals surface area contributed by atoms with Crippen molar-refractivity contribution in [3.63, 3.8) is 0 Å². The molecule has 0 bridgehead atoms. The third-order valence-electron chi connectivity index (χ3n) is 11.7. The Labute approximate surface area is 350 Å². The van der Waals surface area contributed by atoms with Crippen molar-refractivity contribution in [3.05, 3.63) is 116 Å². The molecule has 62 heavy (non-hydrogen) atoms. The number of amides is 2. The van der Waals surface area contributed by atoms with Gasteiger partial charge in [-0.2, -0.15) is 31.4 Å². The summed E-state index contributed by atoms with van der Waals surface area (Å²) in [5.41, 5.74) is -1.28. The molecule has 3 aromatic carbocycles. The number of fused-ring (bicyclic) bond motifs is 2. The molecule has 4 heterocycles. The molecule has 2 amide bonds. The van der Waals surface area contributed by atoms with Crippen LogP contribution in [0.1, 0.15) is 79.0 Å². The van der Waals surface area contributed by atoms with E-state index < -0.39 is 53.4 Å². The van der Waals surface area contributed by atoms with Crippen LogP contribution in [-0.2, 0) is 22.1 Å². The molecule has 330 valence electrons. The Hall–Kier alpha value is -5.78. The summed E-state index contributed by atoms with van der Waals surface area (Å²) in [4.78, 5) is 57.4. The molecule has 18 heteroatoms. The summed E-state index contributed by atoms with van der Waals surface area (Å²) in [5, 5.41) is 7.44. The van der Waals surface area contributed by atoms with Gasteiger partial charge in [-0.05, 0) is 74.6 Å². The van der Waals surface area contributed by atoms with E-state index in [1.54, 1.807) is 42.2 Å². The number of aromatic nitrogens is 3. The lowest BCUT2D eigenvalue weighted by atomic mass is 10.0. The van der Waals surface area contributed by atoms with E-state index in [9.17, 15) is 49.9 Å². The number of nitrogens with zero attached hydrogens (tertiary/aromatic N) is 4. The van der Waals surface area contributed by atoms with Crippen molar-refractivity contribution in [2.24, 2.45) is 0 Å². The Balaban J connectivity index is 0.867. The number of carbonyl (C=O) groups is 2. The minimum Gasteiger partial charge on any atom is -0.367 e. The van der Waals surface area contributed by atoms with Crippen molar-refractivity contribution in [2.75, 3.05) is 37.7 Å². The van der Waals surface area contributed by atoms with E-state index in [-0.39, 0.29) is 92.1 Å². The molecule has 2 saturated heterocycles. The van der Waals surface area contributed by atoms with E-state index >= 15 is 0 Å². The first-order valence-electron chi connectivity index (χ1n) is 20.5. The largest absolute Gasteiger partial charge is 0.417 e. The molecule has 7 rings (SSSR count). The number of aromatic amines is 2. The summed E-state index contributed by atoms with van der Waals surface area (Å²) in [6.45, 7) is 2.40. The predicted molar refractivity (Wildman–Crippen MR) is 217 cm³/mol. The fourth-order valence-corrected chi connectivity index (χ4v) is 8.60. The Morgan fingerprint density at radius 3 is 2.27 bits per heavy atom. The number of H-pyrrole nitrogens is 2. The molecule has 2 fully saturated rings. The summed E-state index contributed by atoms with van der Waals surface area (Å²) in [7, 11) is 0. The third-order valence-corrected chi connectivity index (χ3v) is 11.7. The summed E-state index contributed by atoms with van der Waals surface area (Å²) < 4.78 is 105. The summed E-state index contributed by atoms with van der Waals surface area (Å²) >= 11 is 0. The Morgan fingerprint density at radius 2 is 1.55 bits per heavy atom. The third kappa shape index (κ3) is 9.79. The molecular weight excluding hydrogens is 826 g/mol. The number of benzene rings is 3. The molecule has 0 radical (unpaired) electrons. The van der Waals surface area contributed by atoms with Crippen LogP contribution in [0, 0.1) is 5.82 Å². The maximum Gasteiger partial charge on any atom is 0.417 e. The molecule has 5 aromatic rings. The number of piperazine rings is 1. The highest BCUT2D eigenvalue weighted by Gasteiger charge is 2.50. The molecule has 11 nitrogen and oxygen atoms in total. The molecule has 2 aliphatic heterocycles. The van der Waals surface area contributed by atoms with E-state index in [1.165, 1.54) is 34.1 Å². The lowest BCUT2D eigenvalue weighted by molar-refractivity contribution is -0.226. The van der Waals surface area contributed by atoms with E-state index in [4.69, 9.17) is 4.74 Å². The van der Waals surface area contributed by atoms with E-state index in [2.05, 4.69) is 15.2 Å². The molecule has 2 N–H and O–H groups in total. The first-order chi connectivity index (χ1) is 29.5. The molecule has 2 aliphatic rings. The average molecular weight is 871 g/mol. The van der Waals surface area contributed by atoms with Gasteiger partial charge in [-0.3, -0.25) is 19.2 Å². The van der Waals surface area contributed by atoms with Gasteiger partial charge in [0.15, 0.2) is 6.10 Å². The Kier molecular flexibility index (Phi) is 13.1. The standard InChI is InChI=1S/C44H45F7N6O5/c1-26-11-16-37(57(26)28-13-15-35-31(24-28)33(43(46,47)48)25-38(58)52-35)40(44(49,50)51)62-21-7-3-2-4-10-39(59)55-17-19-56(20-18-55)42(61)32-22-27(12-14-34(32)45)23-36-29-8-5-6-9-30(29)41(60)54-53-36/h5-6,8-9,12-15,22,24-26,37,40H,2-4,7,10-11,16-21,23H2,1H3,(H,52,58)(H,54,60)/t26-,37+,40?/m0/s1. The highest BCUT2D eigenvalue weighted by Crippen LogP contribution is 2.41. The first-order valence-corrected chi connectivity index (χ1v) is 20.5. The van der Waals surface area contributed by atoms with Crippen molar-refractivity contribution in [2.45, 2.75) is 88.8 Å². The van der Waals surface area contributed by atoms with Gasteiger partial charge in [0.05, 0.1) is 28.2 Å². The summed E-state index contributed by atoms with van der Waals surface area (Å²) in [5.74, 6) is -1.32. The number of nitrogens with one attached hydrogen (secondary N) is 2.